The van der Waals surface area contributed by atoms with Gasteiger partial charge in [-0.3, -0.25) is 0 Å². The molecule has 8 nitrogen and oxygen atoms in total. The molecule has 0 amide bonds. The van der Waals surface area contributed by atoms with E-state index in [9.17, 15) is 4.39 Å². The molecular weight excluding hydrogens is 373 g/mol. The zero-order valence-corrected chi connectivity index (χ0v) is 16.4. The molecule has 4 heterocycles. The van der Waals surface area contributed by atoms with Gasteiger partial charge in [-0.15, -0.1) is 5.10 Å². The lowest BCUT2D eigenvalue weighted by atomic mass is 10.1. The summed E-state index contributed by atoms with van der Waals surface area (Å²) in [6.45, 7) is 5.02. The fourth-order valence-corrected chi connectivity index (χ4v) is 3.26. The topological polar surface area (TPSA) is 83.0 Å². The number of hydrogen-bond donors (Lipinski definition) is 0. The zero-order chi connectivity index (χ0) is 20.2. The average Bonchev–Trinajstić information content (AvgIpc) is 3.35. The second-order valence-corrected chi connectivity index (χ2v) is 6.57. The van der Waals surface area contributed by atoms with Crippen LogP contribution >= 0.6 is 0 Å². The van der Waals surface area contributed by atoms with Crippen LogP contribution in [0.4, 0.5) is 4.39 Å². The van der Waals surface area contributed by atoms with Gasteiger partial charge >= 0.3 is 0 Å². The van der Waals surface area contributed by atoms with E-state index in [1.165, 1.54) is 10.7 Å². The van der Waals surface area contributed by atoms with E-state index in [2.05, 4.69) is 32.1 Å². The largest absolute Gasteiger partial charge is 0.374 e. The van der Waals surface area contributed by atoms with Crippen LogP contribution in [0.5, 0.6) is 0 Å². The maximum atomic E-state index is 14.2. The lowest BCUT2D eigenvalue weighted by Gasteiger charge is -2.11. The zero-order valence-electron chi connectivity index (χ0n) is 16.4. The minimum absolute atomic E-state index is 0.173. The number of aryl methyl sites for hydroxylation is 1. The normalized spacial score (nSPS) is 11.4. The molecule has 0 saturated carbocycles. The van der Waals surface area contributed by atoms with Crippen molar-refractivity contribution in [2.75, 3.05) is 6.61 Å². The second-order valence-electron chi connectivity index (χ2n) is 6.57. The predicted octanol–water partition coefficient (Wildman–Crippen LogP) is 2.92. The third-order valence-corrected chi connectivity index (χ3v) is 4.56. The number of ether oxygens (including phenoxy) is 1. The number of nitrogens with zero attached hydrogens (tertiary/aromatic N) is 7. The minimum Gasteiger partial charge on any atom is -0.374 e. The summed E-state index contributed by atoms with van der Waals surface area (Å²) >= 11 is 0. The molecule has 0 spiro atoms. The molecule has 0 bridgehead atoms. The van der Waals surface area contributed by atoms with Crippen molar-refractivity contribution in [1.29, 1.82) is 0 Å². The summed E-state index contributed by atoms with van der Waals surface area (Å²) in [4.78, 5) is 13.4. The highest BCUT2D eigenvalue weighted by Gasteiger charge is 2.17. The van der Waals surface area contributed by atoms with E-state index < -0.39 is 5.82 Å². The molecule has 4 aromatic rings. The lowest BCUT2D eigenvalue weighted by Crippen LogP contribution is -2.10. The Morgan fingerprint density at radius 1 is 1.14 bits per heavy atom. The number of hydrogen-bond acceptors (Lipinski definition) is 6. The van der Waals surface area contributed by atoms with E-state index in [0.717, 1.165) is 35.4 Å². The van der Waals surface area contributed by atoms with Gasteiger partial charge in [-0.1, -0.05) is 13.3 Å². The van der Waals surface area contributed by atoms with E-state index in [-0.39, 0.29) is 5.82 Å². The Balaban J connectivity index is 1.72. The summed E-state index contributed by atoms with van der Waals surface area (Å²) in [6.07, 6.45) is 7.08. The van der Waals surface area contributed by atoms with Crippen molar-refractivity contribution in [2.24, 2.45) is 0 Å². The molecular formula is C20H22FN7O. The van der Waals surface area contributed by atoms with Gasteiger partial charge in [0.1, 0.15) is 12.9 Å². The summed E-state index contributed by atoms with van der Waals surface area (Å²) < 4.78 is 22.8. The van der Waals surface area contributed by atoms with E-state index in [1.54, 1.807) is 29.3 Å². The van der Waals surface area contributed by atoms with Gasteiger partial charge in [0.05, 0.1) is 11.4 Å². The molecule has 0 aliphatic carbocycles. The van der Waals surface area contributed by atoms with Crippen molar-refractivity contribution < 1.29 is 9.13 Å². The molecule has 0 aliphatic heterocycles. The Morgan fingerprint density at radius 2 is 2.03 bits per heavy atom. The predicted molar refractivity (Wildman–Crippen MR) is 104 cm³/mol. The third kappa shape index (κ3) is 3.86. The highest BCUT2D eigenvalue weighted by atomic mass is 19.1. The second kappa shape index (κ2) is 8.44. The molecule has 0 saturated heterocycles. The fourth-order valence-electron chi connectivity index (χ4n) is 3.26. The van der Waals surface area contributed by atoms with Crippen LogP contribution in [0.3, 0.4) is 0 Å². The molecule has 0 atom stereocenters. The van der Waals surface area contributed by atoms with Crippen molar-refractivity contribution >= 4 is 5.65 Å². The molecule has 4 aromatic heterocycles. The van der Waals surface area contributed by atoms with Gasteiger partial charge in [0.2, 0.25) is 0 Å². The van der Waals surface area contributed by atoms with Gasteiger partial charge in [-0.25, -0.2) is 28.5 Å². The van der Waals surface area contributed by atoms with Crippen LogP contribution in [0.2, 0.25) is 0 Å². The number of fused-ring (bicyclic) bond motifs is 1. The van der Waals surface area contributed by atoms with Gasteiger partial charge in [-0.05, 0) is 31.5 Å². The van der Waals surface area contributed by atoms with Crippen molar-refractivity contribution in [1.82, 2.24) is 34.3 Å². The van der Waals surface area contributed by atoms with Gasteiger partial charge in [-0.2, -0.15) is 5.10 Å². The summed E-state index contributed by atoms with van der Waals surface area (Å²) in [6, 6.07) is 4.78. The smallest absolute Gasteiger partial charge is 0.189 e. The molecule has 0 radical (unpaired) electrons. The van der Waals surface area contributed by atoms with Crippen LogP contribution in [0.15, 0.2) is 36.9 Å². The first-order valence-corrected chi connectivity index (χ1v) is 9.64. The van der Waals surface area contributed by atoms with Gasteiger partial charge in [0, 0.05) is 31.0 Å². The Morgan fingerprint density at radius 3 is 2.83 bits per heavy atom. The molecule has 0 fully saturated rings. The van der Waals surface area contributed by atoms with E-state index in [0.29, 0.717) is 25.5 Å². The Hall–Kier alpha value is -3.20. The SMILES string of the molecule is CCCc1c(Cc2ccnn2-c2ncccc2F)ncn2nc(COCC)nc12. The molecule has 29 heavy (non-hydrogen) atoms. The molecule has 0 aliphatic rings. The van der Waals surface area contributed by atoms with E-state index >= 15 is 0 Å². The van der Waals surface area contributed by atoms with Crippen LogP contribution < -0.4 is 0 Å². The third-order valence-electron chi connectivity index (χ3n) is 4.56. The standard InChI is InChI=1S/C20H22FN7O/c1-3-6-15-17(23-13-27-19(15)25-18(26-27)12-29-4-2)11-14-8-10-24-28(14)20-16(21)7-5-9-22-20/h5,7-10,13H,3-4,6,11-12H2,1-2H3. The molecule has 0 aromatic carbocycles. The van der Waals surface area contributed by atoms with Crippen molar-refractivity contribution in [3.8, 4) is 5.82 Å². The molecule has 150 valence electrons. The maximum absolute atomic E-state index is 14.2. The van der Waals surface area contributed by atoms with Crippen LogP contribution in [-0.4, -0.2) is 41.0 Å². The van der Waals surface area contributed by atoms with Crippen LogP contribution in [0.1, 0.15) is 43.0 Å². The first kappa shape index (κ1) is 19.1. The Kier molecular flexibility index (Phi) is 5.57. The lowest BCUT2D eigenvalue weighted by molar-refractivity contribution is 0.128. The average molecular weight is 395 g/mol. The maximum Gasteiger partial charge on any atom is 0.189 e. The van der Waals surface area contributed by atoms with Gasteiger partial charge in [0.25, 0.3) is 0 Å². The number of pyridine rings is 1. The highest BCUT2D eigenvalue weighted by Crippen LogP contribution is 2.20. The number of aromatic nitrogens is 7. The highest BCUT2D eigenvalue weighted by molar-refractivity contribution is 5.50. The molecule has 9 heteroatoms. The van der Waals surface area contributed by atoms with Gasteiger partial charge in [0.15, 0.2) is 23.1 Å². The first-order valence-electron chi connectivity index (χ1n) is 9.64. The number of halogens is 1. The monoisotopic (exact) mass is 395 g/mol. The molecule has 0 unspecified atom stereocenters. The molecule has 4 rings (SSSR count). The minimum atomic E-state index is -0.423. The summed E-state index contributed by atoms with van der Waals surface area (Å²) in [5, 5.41) is 8.70. The summed E-state index contributed by atoms with van der Waals surface area (Å²) in [7, 11) is 0. The van der Waals surface area contributed by atoms with Crippen LogP contribution in [0.25, 0.3) is 11.5 Å². The fraction of sp³-hybridized carbons (Fsp3) is 0.350. The first-order chi connectivity index (χ1) is 14.2. The van der Waals surface area contributed by atoms with Gasteiger partial charge < -0.3 is 4.74 Å². The summed E-state index contributed by atoms with van der Waals surface area (Å²) in [5.41, 5.74) is 3.47. The quantitative estimate of drug-likeness (QED) is 0.456. The summed E-state index contributed by atoms with van der Waals surface area (Å²) in [5.74, 6) is 0.378. The van der Waals surface area contributed by atoms with Crippen molar-refractivity contribution in [3.63, 3.8) is 0 Å². The molecule has 0 N–H and O–H groups in total. The van der Waals surface area contributed by atoms with E-state index in [4.69, 9.17) is 4.74 Å². The van der Waals surface area contributed by atoms with Crippen LogP contribution in [0, 0.1) is 5.82 Å². The van der Waals surface area contributed by atoms with E-state index in [1.807, 2.05) is 13.0 Å². The van der Waals surface area contributed by atoms with Crippen LogP contribution in [-0.2, 0) is 24.2 Å². The van der Waals surface area contributed by atoms with Crippen molar-refractivity contribution in [2.45, 2.75) is 39.7 Å². The van der Waals surface area contributed by atoms with Crippen molar-refractivity contribution in [3.05, 3.63) is 65.5 Å². The Labute approximate surface area is 167 Å². The number of rotatable bonds is 8. The Bertz CT molecular complexity index is 1120.